The summed E-state index contributed by atoms with van der Waals surface area (Å²) in [5.41, 5.74) is 2.47. The Hall–Kier alpha value is -3.21. The predicted molar refractivity (Wildman–Crippen MR) is 94.3 cm³/mol. The molecule has 124 valence electrons. The molecule has 0 aliphatic rings. The molecule has 0 saturated carbocycles. The molecule has 2 heterocycles. The van der Waals surface area contributed by atoms with Gasteiger partial charge in [0.05, 0.1) is 12.4 Å². The van der Waals surface area contributed by atoms with E-state index in [1.165, 1.54) is 0 Å². The highest BCUT2D eigenvalue weighted by Crippen LogP contribution is 2.22. The van der Waals surface area contributed by atoms with Crippen LogP contribution in [0.2, 0.25) is 0 Å². The third-order valence-electron chi connectivity index (χ3n) is 4.33. The molecule has 25 heavy (non-hydrogen) atoms. The van der Waals surface area contributed by atoms with Crippen LogP contribution >= 0.6 is 0 Å². The molecule has 2 aromatic heterocycles. The molecule has 0 atom stereocenters. The maximum absolute atomic E-state index is 13.2. The first-order valence-corrected chi connectivity index (χ1v) is 8.31. The molecule has 0 aliphatic heterocycles. The zero-order valence-electron chi connectivity index (χ0n) is 13.8. The number of hydrogen-bond donors (Lipinski definition) is 0. The van der Waals surface area contributed by atoms with Crippen LogP contribution in [0, 0.1) is 0 Å². The first-order valence-electron chi connectivity index (χ1n) is 8.31. The van der Waals surface area contributed by atoms with Crippen LogP contribution in [0.1, 0.15) is 13.3 Å². The molecule has 0 N–H and O–H groups in total. The van der Waals surface area contributed by atoms with Crippen molar-refractivity contribution in [3.8, 4) is 17.0 Å². The Labute approximate surface area is 144 Å². The summed E-state index contributed by atoms with van der Waals surface area (Å²) in [6.07, 6.45) is 2.39. The van der Waals surface area contributed by atoms with Crippen LogP contribution in [0.25, 0.3) is 27.8 Å². The SMILES string of the molecule is CCC[n+]1c([O-])c(-c2ccccc2)c(=O)n2c3ccccc3ncc21. The highest BCUT2D eigenvalue weighted by atomic mass is 16.3. The summed E-state index contributed by atoms with van der Waals surface area (Å²) < 4.78 is 3.24. The molecule has 4 aromatic rings. The van der Waals surface area contributed by atoms with Crippen molar-refractivity contribution in [2.45, 2.75) is 19.9 Å². The average molecular weight is 331 g/mol. The van der Waals surface area contributed by atoms with E-state index in [4.69, 9.17) is 0 Å². The molecule has 5 heteroatoms. The first-order chi connectivity index (χ1) is 12.2. The minimum atomic E-state index is -0.308. The average Bonchev–Trinajstić information content (AvgIpc) is 2.65. The van der Waals surface area contributed by atoms with Crippen LogP contribution in [-0.2, 0) is 6.54 Å². The second-order valence-corrected chi connectivity index (χ2v) is 5.94. The van der Waals surface area contributed by atoms with Crippen molar-refractivity contribution in [2.24, 2.45) is 0 Å². The molecule has 0 bridgehead atoms. The number of benzene rings is 2. The van der Waals surface area contributed by atoms with Crippen LogP contribution in [0.3, 0.4) is 0 Å². The number of aromatic nitrogens is 3. The quantitative estimate of drug-likeness (QED) is 0.427. The van der Waals surface area contributed by atoms with Gasteiger partial charge in [-0.05, 0) is 24.1 Å². The fourth-order valence-corrected chi connectivity index (χ4v) is 3.21. The van der Waals surface area contributed by atoms with E-state index < -0.39 is 0 Å². The third-order valence-corrected chi connectivity index (χ3v) is 4.33. The molecule has 0 spiro atoms. The van der Waals surface area contributed by atoms with Gasteiger partial charge in [0.1, 0.15) is 17.3 Å². The Morgan fingerprint density at radius 3 is 2.56 bits per heavy atom. The molecule has 0 aliphatic carbocycles. The van der Waals surface area contributed by atoms with E-state index in [1.54, 1.807) is 27.3 Å². The minimum Gasteiger partial charge on any atom is -0.842 e. The molecule has 0 radical (unpaired) electrons. The van der Waals surface area contributed by atoms with Gasteiger partial charge in [0, 0.05) is 0 Å². The van der Waals surface area contributed by atoms with Gasteiger partial charge in [-0.2, -0.15) is 4.40 Å². The number of rotatable bonds is 3. The van der Waals surface area contributed by atoms with Crippen molar-refractivity contribution in [3.63, 3.8) is 0 Å². The summed E-state index contributed by atoms with van der Waals surface area (Å²) in [4.78, 5) is 17.7. The van der Waals surface area contributed by atoms with E-state index in [0.29, 0.717) is 23.3 Å². The summed E-state index contributed by atoms with van der Waals surface area (Å²) in [7, 11) is 0. The molecular formula is C20H17N3O2. The van der Waals surface area contributed by atoms with E-state index in [1.807, 2.05) is 49.4 Å². The van der Waals surface area contributed by atoms with Crippen LogP contribution in [-0.4, -0.2) is 9.38 Å². The number of hydrogen-bond acceptors (Lipinski definition) is 3. The zero-order valence-corrected chi connectivity index (χ0v) is 13.8. The van der Waals surface area contributed by atoms with Crippen LogP contribution in [0.15, 0.2) is 65.6 Å². The summed E-state index contributed by atoms with van der Waals surface area (Å²) in [5, 5.41) is 13.1. The van der Waals surface area contributed by atoms with Crippen LogP contribution < -0.4 is 15.2 Å². The first kappa shape index (κ1) is 15.3. The lowest BCUT2D eigenvalue weighted by Gasteiger charge is -2.17. The van der Waals surface area contributed by atoms with E-state index in [0.717, 1.165) is 11.9 Å². The van der Waals surface area contributed by atoms with Gasteiger partial charge in [-0.1, -0.05) is 49.4 Å². The molecule has 0 unspecified atom stereocenters. The van der Waals surface area contributed by atoms with Gasteiger partial charge in [0.25, 0.3) is 0 Å². The zero-order chi connectivity index (χ0) is 17.4. The maximum atomic E-state index is 13.2. The second kappa shape index (κ2) is 6.02. The molecule has 4 rings (SSSR count). The minimum absolute atomic E-state index is 0.197. The molecule has 0 fully saturated rings. The Balaban J connectivity index is 2.23. The third kappa shape index (κ3) is 2.36. The highest BCUT2D eigenvalue weighted by Gasteiger charge is 2.21. The number of fused-ring (bicyclic) bond motifs is 3. The topological polar surface area (TPSA) is 61.3 Å². The van der Waals surface area contributed by atoms with Crippen molar-refractivity contribution in [1.82, 2.24) is 9.38 Å². The second-order valence-electron chi connectivity index (χ2n) is 5.94. The van der Waals surface area contributed by atoms with E-state index in [9.17, 15) is 9.90 Å². The summed E-state index contributed by atoms with van der Waals surface area (Å²) in [6, 6.07) is 16.6. The Bertz CT molecular complexity index is 1130. The van der Waals surface area contributed by atoms with Gasteiger partial charge >= 0.3 is 11.2 Å². The lowest BCUT2D eigenvalue weighted by molar-refractivity contribution is -0.715. The van der Waals surface area contributed by atoms with Crippen molar-refractivity contribution in [2.75, 3.05) is 0 Å². The monoisotopic (exact) mass is 331 g/mol. The fourth-order valence-electron chi connectivity index (χ4n) is 3.21. The van der Waals surface area contributed by atoms with Gasteiger partial charge in [-0.15, -0.1) is 0 Å². The molecule has 2 aromatic carbocycles. The number of nitrogens with zero attached hydrogens (tertiary/aromatic N) is 3. The molecule has 0 amide bonds. The van der Waals surface area contributed by atoms with Crippen LogP contribution in [0.4, 0.5) is 0 Å². The molecular weight excluding hydrogens is 314 g/mol. The summed E-state index contributed by atoms with van der Waals surface area (Å²) >= 11 is 0. The van der Waals surface area contributed by atoms with Crippen molar-refractivity contribution in [1.29, 1.82) is 0 Å². The van der Waals surface area contributed by atoms with E-state index in [2.05, 4.69) is 4.98 Å². The smallest absolute Gasteiger partial charge is 0.350 e. The Morgan fingerprint density at radius 2 is 1.80 bits per heavy atom. The molecule has 0 saturated heterocycles. The van der Waals surface area contributed by atoms with Crippen LogP contribution in [0.5, 0.6) is 5.88 Å². The van der Waals surface area contributed by atoms with Gasteiger partial charge in [0.15, 0.2) is 5.52 Å². The number of aryl methyl sites for hydroxylation is 1. The van der Waals surface area contributed by atoms with Gasteiger partial charge in [0.2, 0.25) is 0 Å². The predicted octanol–water partition coefficient (Wildman–Crippen LogP) is 2.29. The van der Waals surface area contributed by atoms with E-state index in [-0.39, 0.29) is 17.0 Å². The highest BCUT2D eigenvalue weighted by molar-refractivity contribution is 5.78. The largest absolute Gasteiger partial charge is 0.842 e. The van der Waals surface area contributed by atoms with Crippen molar-refractivity contribution in [3.05, 3.63) is 71.1 Å². The molecule has 5 nitrogen and oxygen atoms in total. The maximum Gasteiger partial charge on any atom is 0.350 e. The van der Waals surface area contributed by atoms with Crippen molar-refractivity contribution < 1.29 is 9.67 Å². The lowest BCUT2D eigenvalue weighted by Crippen LogP contribution is -2.44. The van der Waals surface area contributed by atoms with Crippen molar-refractivity contribution >= 4 is 16.7 Å². The van der Waals surface area contributed by atoms with E-state index >= 15 is 0 Å². The number of para-hydroxylation sites is 2. The normalized spacial score (nSPS) is 11.2. The van der Waals surface area contributed by atoms with Gasteiger partial charge in [-0.25, -0.2) is 14.3 Å². The lowest BCUT2D eigenvalue weighted by atomic mass is 10.1. The Kier molecular flexibility index (Phi) is 3.69. The standard InChI is InChI=1S/C20H17N3O2/c1-2-12-22-17-13-21-15-10-6-7-11-16(15)23(17)20(25)18(19(22)24)14-8-4-3-5-9-14/h3-11,13H,2,12H2,1H3. The summed E-state index contributed by atoms with van der Waals surface area (Å²) in [5.74, 6) is -0.268. The summed E-state index contributed by atoms with van der Waals surface area (Å²) in [6.45, 7) is 2.53. The van der Waals surface area contributed by atoms with Gasteiger partial charge in [-0.3, -0.25) is 0 Å². The Morgan fingerprint density at radius 1 is 1.08 bits per heavy atom. The fraction of sp³-hybridized carbons (Fsp3) is 0.150. The van der Waals surface area contributed by atoms with Gasteiger partial charge < -0.3 is 5.11 Å².